The predicted molar refractivity (Wildman–Crippen MR) is 41.9 cm³/mol. The molecule has 1 aliphatic rings. The maximum atomic E-state index is 11.0. The molecule has 0 aliphatic carbocycles. The van der Waals surface area contributed by atoms with Crippen LogP contribution in [0.4, 0.5) is 0 Å². The van der Waals surface area contributed by atoms with Gasteiger partial charge in [0.1, 0.15) is 0 Å². The predicted octanol–water partition coefficient (Wildman–Crippen LogP) is 0.0932. The monoisotopic (exact) mass is 134 g/mol. The molecule has 1 saturated heterocycles. The summed E-state index contributed by atoms with van der Waals surface area (Å²) in [5, 5.41) is 0. The van der Waals surface area contributed by atoms with E-state index in [1.807, 2.05) is 0 Å². The number of hydrogen-bond donors (Lipinski definition) is 0. The van der Waals surface area contributed by atoms with Gasteiger partial charge in [-0.1, -0.05) is 0 Å². The first-order valence-electron chi connectivity index (χ1n) is 3.28. The fraction of sp³-hybridized carbons (Fsp3) is 0.429. The Bertz CT molecular complexity index is 172. The molecule has 3 heteroatoms. The SMILES string of the molecule is [B]=C1CCC(=O)N1CC=C. The Morgan fingerprint density at radius 1 is 1.70 bits per heavy atom. The Kier molecular flexibility index (Phi) is 2.04. The van der Waals surface area contributed by atoms with E-state index in [4.69, 9.17) is 7.49 Å². The van der Waals surface area contributed by atoms with Gasteiger partial charge in [-0.2, -0.15) is 0 Å². The van der Waals surface area contributed by atoms with Crippen LogP contribution in [-0.2, 0) is 4.79 Å². The third-order valence-electron chi connectivity index (χ3n) is 1.55. The summed E-state index contributed by atoms with van der Waals surface area (Å²) in [4.78, 5) is 12.5. The number of rotatable bonds is 2. The summed E-state index contributed by atoms with van der Waals surface area (Å²) in [6.07, 6.45) is 2.93. The quantitative estimate of drug-likeness (QED) is 0.387. The Balaban J connectivity index is 2.62. The fourth-order valence-electron chi connectivity index (χ4n) is 1.01. The number of hydrogen-bond acceptors (Lipinski definition) is 1. The molecular weight excluding hydrogens is 125 g/mol. The van der Waals surface area contributed by atoms with Crippen molar-refractivity contribution in [2.45, 2.75) is 12.8 Å². The second-order valence-electron chi connectivity index (χ2n) is 2.28. The van der Waals surface area contributed by atoms with Gasteiger partial charge < -0.3 is 0 Å². The van der Waals surface area contributed by atoms with Gasteiger partial charge in [0, 0.05) is 0 Å². The topological polar surface area (TPSA) is 20.3 Å². The third-order valence-corrected chi connectivity index (χ3v) is 1.55. The van der Waals surface area contributed by atoms with E-state index in [1.165, 1.54) is 0 Å². The molecule has 1 rings (SSSR count). The summed E-state index contributed by atoms with van der Waals surface area (Å²) in [6, 6.07) is 0. The van der Waals surface area contributed by atoms with E-state index in [2.05, 4.69) is 6.58 Å². The zero-order chi connectivity index (χ0) is 7.56. The summed E-state index contributed by atoms with van der Waals surface area (Å²) in [5.41, 5.74) is 0.671. The van der Waals surface area contributed by atoms with Crippen LogP contribution in [0.1, 0.15) is 12.8 Å². The maximum absolute atomic E-state index is 11.0. The molecule has 0 aromatic heterocycles. The summed E-state index contributed by atoms with van der Waals surface area (Å²) in [6.45, 7) is 4.08. The van der Waals surface area contributed by atoms with Crippen molar-refractivity contribution in [2.75, 3.05) is 6.54 Å². The van der Waals surface area contributed by atoms with Crippen molar-refractivity contribution in [3.05, 3.63) is 12.7 Å². The van der Waals surface area contributed by atoms with E-state index in [0.717, 1.165) is 0 Å². The van der Waals surface area contributed by atoms with Crippen molar-refractivity contribution in [3.63, 3.8) is 0 Å². The third kappa shape index (κ3) is 1.18. The molecule has 0 spiro atoms. The van der Waals surface area contributed by atoms with Crippen LogP contribution in [0.5, 0.6) is 0 Å². The van der Waals surface area contributed by atoms with Crippen LogP contribution in [0.2, 0.25) is 0 Å². The molecule has 0 aromatic rings. The molecule has 0 unspecified atom stereocenters. The van der Waals surface area contributed by atoms with Crippen molar-refractivity contribution in [1.29, 1.82) is 0 Å². The van der Waals surface area contributed by atoms with Crippen LogP contribution >= 0.6 is 0 Å². The Labute approximate surface area is 61.6 Å². The molecular formula is C7H9BNO. The molecule has 2 nitrogen and oxygen atoms in total. The average Bonchev–Trinajstić information content (AvgIpc) is 2.20. The van der Waals surface area contributed by atoms with Crippen LogP contribution in [0.25, 0.3) is 0 Å². The van der Waals surface area contributed by atoms with Crippen molar-refractivity contribution >= 4 is 19.0 Å². The summed E-state index contributed by atoms with van der Waals surface area (Å²) >= 11 is 0. The zero-order valence-electron chi connectivity index (χ0n) is 5.84. The standard InChI is InChI=1S/C7H9BNO/c1-2-5-9-6(8)3-4-7(9)10/h2H,1,3-5H2. The van der Waals surface area contributed by atoms with Crippen molar-refractivity contribution in [3.8, 4) is 0 Å². The Morgan fingerprint density at radius 3 is 2.80 bits per heavy atom. The Morgan fingerprint density at radius 2 is 2.40 bits per heavy atom. The number of carbonyl (C=O) groups is 1. The van der Waals surface area contributed by atoms with E-state index < -0.39 is 0 Å². The van der Waals surface area contributed by atoms with Crippen molar-refractivity contribution < 1.29 is 4.79 Å². The molecule has 1 heterocycles. The second kappa shape index (κ2) is 2.82. The summed E-state index contributed by atoms with van der Waals surface area (Å²) < 4.78 is 0. The number of carbonyl (C=O) groups excluding carboxylic acids is 1. The molecule has 1 amide bonds. The van der Waals surface area contributed by atoms with Crippen LogP contribution in [-0.4, -0.2) is 30.4 Å². The molecule has 1 aliphatic heterocycles. The van der Waals surface area contributed by atoms with E-state index >= 15 is 0 Å². The average molecular weight is 134 g/mol. The first-order valence-corrected chi connectivity index (χ1v) is 3.28. The van der Waals surface area contributed by atoms with Crippen LogP contribution in [0.15, 0.2) is 12.7 Å². The van der Waals surface area contributed by atoms with Crippen LogP contribution in [0.3, 0.4) is 0 Å². The zero-order valence-corrected chi connectivity index (χ0v) is 5.84. The Hall–Kier alpha value is -0.855. The summed E-state index contributed by atoms with van der Waals surface area (Å²) in [7, 11) is 5.53. The molecule has 1 radical (unpaired) electrons. The minimum absolute atomic E-state index is 0.109. The molecule has 10 heavy (non-hydrogen) atoms. The van der Waals surface area contributed by atoms with Gasteiger partial charge in [-0.3, -0.25) is 0 Å². The van der Waals surface area contributed by atoms with Crippen molar-refractivity contribution in [2.24, 2.45) is 0 Å². The van der Waals surface area contributed by atoms with Crippen LogP contribution in [0, 0.1) is 0 Å². The molecule has 0 saturated carbocycles. The van der Waals surface area contributed by atoms with E-state index in [-0.39, 0.29) is 5.91 Å². The minimum atomic E-state index is 0.109. The van der Waals surface area contributed by atoms with Crippen LogP contribution < -0.4 is 0 Å². The first-order chi connectivity index (χ1) is 4.75. The van der Waals surface area contributed by atoms with Gasteiger partial charge in [-0.25, -0.2) is 0 Å². The fourth-order valence-corrected chi connectivity index (χ4v) is 1.01. The normalized spacial score (nSPS) is 18.1. The number of nitrogens with zero attached hydrogens (tertiary/aromatic N) is 1. The van der Waals surface area contributed by atoms with Gasteiger partial charge in [0.25, 0.3) is 0 Å². The number of likely N-dealkylation sites (tertiary alicyclic amines) is 1. The molecule has 1 fully saturated rings. The van der Waals surface area contributed by atoms with E-state index in [9.17, 15) is 4.79 Å². The molecule has 0 aromatic carbocycles. The van der Waals surface area contributed by atoms with Gasteiger partial charge in [-0.15, -0.1) is 0 Å². The molecule has 0 atom stereocenters. The summed E-state index contributed by atoms with van der Waals surface area (Å²) in [5.74, 6) is 0.109. The molecule has 51 valence electrons. The van der Waals surface area contributed by atoms with E-state index in [0.29, 0.717) is 25.0 Å². The molecule has 0 bridgehead atoms. The van der Waals surface area contributed by atoms with E-state index in [1.54, 1.807) is 11.0 Å². The van der Waals surface area contributed by atoms with Gasteiger partial charge >= 0.3 is 60.7 Å². The number of amides is 1. The molecule has 0 N–H and O–H groups in total. The van der Waals surface area contributed by atoms with Gasteiger partial charge in [-0.05, 0) is 0 Å². The first kappa shape index (κ1) is 7.25. The van der Waals surface area contributed by atoms with Crippen molar-refractivity contribution in [1.82, 2.24) is 4.90 Å². The van der Waals surface area contributed by atoms with Gasteiger partial charge in [0.15, 0.2) is 0 Å². The second-order valence-corrected chi connectivity index (χ2v) is 2.28. The van der Waals surface area contributed by atoms with Gasteiger partial charge in [0.05, 0.1) is 0 Å². The van der Waals surface area contributed by atoms with Gasteiger partial charge in [0.2, 0.25) is 0 Å².